The molecule has 1 aliphatic heterocycles. The van der Waals surface area contributed by atoms with Gasteiger partial charge in [0, 0.05) is 17.3 Å². The van der Waals surface area contributed by atoms with Crippen LogP contribution in [0.2, 0.25) is 0 Å². The number of nitrogens with zero attached hydrogens (tertiary/aromatic N) is 1. The van der Waals surface area contributed by atoms with E-state index in [1.165, 1.54) is 33.4 Å². The second-order valence-corrected chi connectivity index (χ2v) is 10.4. The Balaban J connectivity index is 1.26. The van der Waals surface area contributed by atoms with Gasteiger partial charge in [0.1, 0.15) is 11.5 Å². The van der Waals surface area contributed by atoms with E-state index >= 15 is 0 Å². The van der Waals surface area contributed by atoms with Crippen LogP contribution in [0, 0.1) is 0 Å². The van der Waals surface area contributed by atoms with Crippen LogP contribution in [0.4, 0.5) is 5.69 Å². The SMILES string of the molecule is C(=N\c1ccc(-c2ccc3c(c2)Oc2ccccc2C32c3ccccc3-c3ccccc32)cc1)/c1ccccc1. The number of benzene rings is 6. The molecule has 0 fully saturated rings. The van der Waals surface area contributed by atoms with Gasteiger partial charge in [-0.05, 0) is 63.2 Å². The molecule has 0 radical (unpaired) electrons. The van der Waals surface area contributed by atoms with Crippen LogP contribution in [0.5, 0.6) is 11.5 Å². The van der Waals surface area contributed by atoms with E-state index in [4.69, 9.17) is 4.74 Å². The molecule has 0 unspecified atom stereocenters. The lowest BCUT2D eigenvalue weighted by Gasteiger charge is -2.39. The second kappa shape index (κ2) is 8.93. The molecule has 2 nitrogen and oxygen atoms in total. The molecule has 0 saturated carbocycles. The lowest BCUT2D eigenvalue weighted by Crippen LogP contribution is -2.32. The van der Waals surface area contributed by atoms with Crippen molar-refractivity contribution in [3.63, 3.8) is 0 Å². The van der Waals surface area contributed by atoms with E-state index in [0.717, 1.165) is 33.9 Å². The predicted octanol–water partition coefficient (Wildman–Crippen LogP) is 9.57. The summed E-state index contributed by atoms with van der Waals surface area (Å²) in [5, 5.41) is 0. The van der Waals surface area contributed by atoms with Crippen LogP contribution in [-0.4, -0.2) is 6.21 Å². The third-order valence-corrected chi connectivity index (χ3v) is 8.21. The molecule has 6 aromatic carbocycles. The van der Waals surface area contributed by atoms with Crippen molar-refractivity contribution in [2.45, 2.75) is 5.41 Å². The quantitative estimate of drug-likeness (QED) is 0.216. The van der Waals surface area contributed by atoms with Crippen molar-refractivity contribution in [2.75, 3.05) is 0 Å². The summed E-state index contributed by atoms with van der Waals surface area (Å²) in [6.45, 7) is 0. The maximum Gasteiger partial charge on any atom is 0.132 e. The van der Waals surface area contributed by atoms with Crippen LogP contribution in [0.1, 0.15) is 27.8 Å². The van der Waals surface area contributed by atoms with Crippen LogP contribution >= 0.6 is 0 Å². The molecule has 8 rings (SSSR count). The minimum absolute atomic E-state index is 0.425. The van der Waals surface area contributed by atoms with E-state index in [1.54, 1.807) is 0 Å². The average molecular weight is 512 g/mol. The van der Waals surface area contributed by atoms with E-state index in [1.807, 2.05) is 24.4 Å². The third kappa shape index (κ3) is 3.33. The van der Waals surface area contributed by atoms with Gasteiger partial charge in [0.2, 0.25) is 0 Å². The molecule has 1 spiro atoms. The zero-order valence-electron chi connectivity index (χ0n) is 21.8. The van der Waals surface area contributed by atoms with Crippen molar-refractivity contribution in [1.29, 1.82) is 0 Å². The summed E-state index contributed by atoms with van der Waals surface area (Å²) in [7, 11) is 0. The smallest absolute Gasteiger partial charge is 0.132 e. The Morgan fingerprint density at radius 2 is 1.05 bits per heavy atom. The molecule has 188 valence electrons. The minimum Gasteiger partial charge on any atom is -0.457 e. The van der Waals surface area contributed by atoms with E-state index in [0.29, 0.717) is 0 Å². The van der Waals surface area contributed by atoms with Crippen LogP contribution in [0.25, 0.3) is 22.3 Å². The molecule has 0 aromatic heterocycles. The van der Waals surface area contributed by atoms with Crippen LogP contribution < -0.4 is 4.74 Å². The Labute approximate surface area is 233 Å². The first-order valence-electron chi connectivity index (χ1n) is 13.6. The molecule has 6 aromatic rings. The van der Waals surface area contributed by atoms with Gasteiger partial charge in [-0.2, -0.15) is 0 Å². The standard InChI is InChI=1S/C38H25NO/c1-2-10-26(11-3-1)25-39-29-21-18-27(19-22-29)28-20-23-35-37(24-28)40-36-17-9-8-16-34(36)38(35)32-14-6-4-12-30(32)31-13-5-7-15-33(31)38/h1-25H/b39-25+. The first-order valence-corrected chi connectivity index (χ1v) is 13.6. The van der Waals surface area contributed by atoms with Gasteiger partial charge < -0.3 is 4.74 Å². The third-order valence-electron chi connectivity index (χ3n) is 8.21. The molecule has 0 bridgehead atoms. The van der Waals surface area contributed by atoms with Gasteiger partial charge in [0.25, 0.3) is 0 Å². The highest BCUT2D eigenvalue weighted by Crippen LogP contribution is 2.62. The van der Waals surface area contributed by atoms with Gasteiger partial charge in [0.15, 0.2) is 0 Å². The average Bonchev–Trinajstić information content (AvgIpc) is 3.32. The van der Waals surface area contributed by atoms with E-state index in [9.17, 15) is 0 Å². The number of ether oxygens (including phenoxy) is 1. The molecule has 0 atom stereocenters. The fourth-order valence-electron chi connectivity index (χ4n) is 6.47. The number of rotatable bonds is 3. The van der Waals surface area contributed by atoms with Crippen molar-refractivity contribution < 1.29 is 4.74 Å². The molecule has 2 aliphatic rings. The van der Waals surface area contributed by atoms with Gasteiger partial charge in [-0.15, -0.1) is 0 Å². The van der Waals surface area contributed by atoms with E-state index in [-0.39, 0.29) is 0 Å². The second-order valence-electron chi connectivity index (χ2n) is 10.4. The molecule has 40 heavy (non-hydrogen) atoms. The maximum absolute atomic E-state index is 6.64. The zero-order chi connectivity index (χ0) is 26.5. The lowest BCUT2D eigenvalue weighted by atomic mass is 9.66. The topological polar surface area (TPSA) is 21.6 Å². The highest BCUT2D eigenvalue weighted by atomic mass is 16.5. The Bertz CT molecular complexity index is 1870. The van der Waals surface area contributed by atoms with E-state index < -0.39 is 5.41 Å². The van der Waals surface area contributed by atoms with Crippen LogP contribution in [0.15, 0.2) is 151 Å². The molecule has 2 heteroatoms. The van der Waals surface area contributed by atoms with Gasteiger partial charge in [-0.1, -0.05) is 121 Å². The highest BCUT2D eigenvalue weighted by Gasteiger charge is 2.50. The Hall–Kier alpha value is -5.21. The van der Waals surface area contributed by atoms with Gasteiger partial charge in [-0.25, -0.2) is 0 Å². The van der Waals surface area contributed by atoms with Crippen molar-refractivity contribution in [3.05, 3.63) is 173 Å². The summed E-state index contributed by atoms with van der Waals surface area (Å²) in [6, 6.07) is 51.4. The first-order chi connectivity index (χ1) is 19.8. The monoisotopic (exact) mass is 511 g/mol. The summed E-state index contributed by atoms with van der Waals surface area (Å²) in [5.41, 5.74) is 11.4. The molecule has 0 N–H and O–H groups in total. The summed E-state index contributed by atoms with van der Waals surface area (Å²) in [6.07, 6.45) is 1.90. The van der Waals surface area contributed by atoms with Crippen LogP contribution in [0.3, 0.4) is 0 Å². The Morgan fingerprint density at radius 1 is 0.475 bits per heavy atom. The first kappa shape index (κ1) is 22.7. The minimum atomic E-state index is -0.425. The summed E-state index contributed by atoms with van der Waals surface area (Å²) < 4.78 is 6.64. The molecular formula is C38H25NO. The number of hydrogen-bond acceptors (Lipinski definition) is 2. The number of aliphatic imine (C=N–C) groups is 1. The Morgan fingerprint density at radius 3 is 1.77 bits per heavy atom. The predicted molar refractivity (Wildman–Crippen MR) is 163 cm³/mol. The van der Waals surface area contributed by atoms with E-state index in [2.05, 4.69) is 132 Å². The number of fused-ring (bicyclic) bond motifs is 9. The maximum atomic E-state index is 6.64. The van der Waals surface area contributed by atoms with Crippen molar-refractivity contribution >= 4 is 11.9 Å². The fourth-order valence-corrected chi connectivity index (χ4v) is 6.47. The lowest BCUT2D eigenvalue weighted by molar-refractivity contribution is 0.436. The molecular weight excluding hydrogens is 486 g/mol. The molecule has 1 aliphatic carbocycles. The fraction of sp³-hybridized carbons (Fsp3) is 0.0263. The van der Waals surface area contributed by atoms with Crippen molar-refractivity contribution in [3.8, 4) is 33.8 Å². The zero-order valence-corrected chi connectivity index (χ0v) is 21.8. The summed E-state index contributed by atoms with van der Waals surface area (Å²) in [5.74, 6) is 1.80. The molecule has 0 amide bonds. The number of hydrogen-bond donors (Lipinski definition) is 0. The number of para-hydroxylation sites is 1. The molecule has 1 heterocycles. The molecule has 0 saturated heterocycles. The van der Waals surface area contributed by atoms with Gasteiger partial charge in [0.05, 0.1) is 11.1 Å². The van der Waals surface area contributed by atoms with Gasteiger partial charge >= 0.3 is 0 Å². The normalized spacial score (nSPS) is 13.8. The largest absolute Gasteiger partial charge is 0.457 e. The van der Waals surface area contributed by atoms with Gasteiger partial charge in [-0.3, -0.25) is 4.99 Å². The summed E-state index contributed by atoms with van der Waals surface area (Å²) >= 11 is 0. The van der Waals surface area contributed by atoms with Crippen molar-refractivity contribution in [2.24, 2.45) is 4.99 Å². The highest BCUT2D eigenvalue weighted by molar-refractivity contribution is 5.89. The van der Waals surface area contributed by atoms with Crippen molar-refractivity contribution in [1.82, 2.24) is 0 Å². The Kier molecular flexibility index (Phi) is 5.08. The van der Waals surface area contributed by atoms with Crippen LogP contribution in [-0.2, 0) is 5.41 Å². The summed E-state index contributed by atoms with van der Waals surface area (Å²) in [4.78, 5) is 4.65.